The molecule has 0 saturated carbocycles. The van der Waals surface area contributed by atoms with Gasteiger partial charge in [0.2, 0.25) is 0 Å². The highest BCUT2D eigenvalue weighted by Gasteiger charge is 2.99. The molecule has 0 aromatic heterocycles. The third kappa shape index (κ3) is 9.55. The summed E-state index contributed by atoms with van der Waals surface area (Å²) < 4.78 is 336. The van der Waals surface area contributed by atoms with Gasteiger partial charge in [-0.15, -0.1) is 0 Å². The fourth-order valence-electron chi connectivity index (χ4n) is 5.98. The number of hydrogen-bond acceptors (Lipinski definition) is 3. The first-order valence-electron chi connectivity index (χ1n) is 19.1. The van der Waals surface area contributed by atoms with Crippen molar-refractivity contribution in [3.05, 3.63) is 84.9 Å². The zero-order valence-corrected chi connectivity index (χ0v) is 34.6. The molecule has 0 radical (unpaired) electrons. The molecule has 0 unspecified atom stereocenters. The lowest BCUT2D eigenvalue weighted by atomic mass is 9.85. The van der Waals surface area contributed by atoms with Crippen LogP contribution in [0.25, 0.3) is 0 Å². The predicted octanol–water partition coefficient (Wildman–Crippen LogP) is 15.9. The number of ether oxygens (including phenoxy) is 1. The zero-order valence-electron chi connectivity index (χ0n) is 33.8. The Balaban J connectivity index is 2.12. The van der Waals surface area contributed by atoms with E-state index in [1.54, 1.807) is 0 Å². The standard InChI is InChI=1S/C40H35F23O3S/c1-2-3-4-5-6-7-8-15-24-65-25-20-22-28(23-21-25)67(26-16-11-9-12-17-26,27-18-13-10-14-19-27)66-29(64)30(41,42)31(43,44)32(45,46)33(47,48)34(49,50)35(51,52)36(53,54)37(55,56)38(57,58)39(59,60)40(61,62)63/h9-14,16-23H,2-8,15,24H2,1H3. The molecule has 380 valence electrons. The summed E-state index contributed by atoms with van der Waals surface area (Å²) in [5, 5.41) is 0. The van der Waals surface area contributed by atoms with Gasteiger partial charge in [-0.05, 0) is 65.3 Å². The highest BCUT2D eigenvalue weighted by Crippen LogP contribution is 2.71. The van der Waals surface area contributed by atoms with Crippen molar-refractivity contribution in [3.63, 3.8) is 0 Å². The SMILES string of the molecule is CCCCCCCCCCOc1ccc(S(OC(=O)C(F)(F)C(F)(F)C(F)(F)C(F)(F)C(F)(F)C(F)(F)C(F)(F)C(F)(F)C(F)(F)C(F)(F)C(F)(F)F)(c2ccccc2)c2ccccc2)cc1. The van der Waals surface area contributed by atoms with Crippen LogP contribution in [0.5, 0.6) is 5.75 Å². The van der Waals surface area contributed by atoms with E-state index in [9.17, 15) is 88.2 Å². The van der Waals surface area contributed by atoms with Gasteiger partial charge >= 0.3 is 71.4 Å². The lowest BCUT2D eigenvalue weighted by molar-refractivity contribution is -0.477. The molecular weight excluding hydrogens is 997 g/mol. The van der Waals surface area contributed by atoms with Crippen molar-refractivity contribution < 1.29 is 115 Å². The molecule has 0 aliphatic heterocycles. The number of carbonyl (C=O) groups is 1. The molecule has 3 aromatic carbocycles. The molecule has 0 fully saturated rings. The number of hydrogen-bond donors (Lipinski definition) is 0. The monoisotopic (exact) mass is 1030 g/mol. The van der Waals surface area contributed by atoms with Gasteiger partial charge in [0.25, 0.3) is 0 Å². The maximum Gasteiger partial charge on any atom is 0.460 e. The highest BCUT2D eigenvalue weighted by molar-refractivity contribution is 8.30. The van der Waals surface area contributed by atoms with Gasteiger partial charge in [0, 0.05) is 14.7 Å². The summed E-state index contributed by atoms with van der Waals surface area (Å²) in [5.41, 5.74) is 0. The van der Waals surface area contributed by atoms with E-state index in [-0.39, 0.29) is 12.4 Å². The van der Waals surface area contributed by atoms with Crippen molar-refractivity contribution in [2.75, 3.05) is 6.61 Å². The Labute approximate surface area is 366 Å². The predicted molar refractivity (Wildman–Crippen MR) is 191 cm³/mol. The smallest absolute Gasteiger partial charge is 0.460 e. The zero-order chi connectivity index (χ0) is 51.6. The van der Waals surface area contributed by atoms with Crippen molar-refractivity contribution in [3.8, 4) is 5.75 Å². The van der Waals surface area contributed by atoms with Gasteiger partial charge in [0.05, 0.1) is 6.61 Å². The molecule has 27 heteroatoms. The third-order valence-corrected chi connectivity index (χ3v) is 13.1. The van der Waals surface area contributed by atoms with E-state index >= 15 is 17.6 Å². The molecule has 0 heterocycles. The minimum atomic E-state index is -9.57. The molecule has 3 nitrogen and oxygen atoms in total. The molecule has 0 spiro atoms. The summed E-state index contributed by atoms with van der Waals surface area (Å²) in [6.07, 6.45) is -0.959. The van der Waals surface area contributed by atoms with E-state index in [0.717, 1.165) is 118 Å². The van der Waals surface area contributed by atoms with Gasteiger partial charge in [-0.3, -0.25) is 0 Å². The van der Waals surface area contributed by atoms with Crippen LogP contribution in [0.3, 0.4) is 0 Å². The van der Waals surface area contributed by atoms with Crippen LogP contribution in [0, 0.1) is 0 Å². The molecular formula is C40H35F23O3S. The first-order chi connectivity index (χ1) is 30.4. The molecule has 0 N–H and O–H groups in total. The summed E-state index contributed by atoms with van der Waals surface area (Å²) in [6.45, 7) is 2.14. The minimum Gasteiger partial charge on any atom is -0.494 e. The Kier molecular flexibility index (Phi) is 16.7. The number of alkyl halides is 23. The van der Waals surface area contributed by atoms with E-state index in [0.29, 0.717) is 6.42 Å². The van der Waals surface area contributed by atoms with E-state index in [4.69, 9.17) is 8.92 Å². The van der Waals surface area contributed by atoms with Crippen LogP contribution in [0.1, 0.15) is 58.3 Å². The van der Waals surface area contributed by atoms with E-state index < -0.39 is 96.4 Å². The third-order valence-electron chi connectivity index (χ3n) is 9.93. The molecule has 0 aliphatic rings. The van der Waals surface area contributed by atoms with Gasteiger partial charge in [0.1, 0.15) is 5.75 Å². The van der Waals surface area contributed by atoms with Crippen LogP contribution >= 0.6 is 10.3 Å². The molecule has 0 aliphatic carbocycles. The molecule has 0 atom stereocenters. The molecule has 0 amide bonds. The maximum absolute atomic E-state index is 15.5. The van der Waals surface area contributed by atoms with Gasteiger partial charge in [-0.25, -0.2) is 4.79 Å². The Morgan fingerprint density at radius 1 is 0.403 bits per heavy atom. The average Bonchev–Trinajstić information content (AvgIpc) is 3.24. The molecule has 3 rings (SSSR count). The van der Waals surface area contributed by atoms with Crippen LogP contribution in [-0.2, 0) is 8.98 Å². The van der Waals surface area contributed by atoms with E-state index in [1.807, 2.05) is 6.92 Å². The van der Waals surface area contributed by atoms with Crippen molar-refractivity contribution in [2.45, 2.75) is 138 Å². The summed E-state index contributed by atoms with van der Waals surface area (Å²) in [5.74, 6) is -94.6. The average molecular weight is 1030 g/mol. The fourth-order valence-corrected chi connectivity index (χ4v) is 9.02. The summed E-state index contributed by atoms with van der Waals surface area (Å²) in [4.78, 5) is 11.7. The second-order valence-corrected chi connectivity index (χ2v) is 17.3. The largest absolute Gasteiger partial charge is 0.494 e. The number of halogens is 23. The van der Waals surface area contributed by atoms with Gasteiger partial charge in [-0.1, -0.05) is 88.3 Å². The Hall–Kier alpha value is -4.33. The van der Waals surface area contributed by atoms with Crippen molar-refractivity contribution in [1.82, 2.24) is 0 Å². The first-order valence-corrected chi connectivity index (χ1v) is 20.7. The van der Waals surface area contributed by atoms with Crippen molar-refractivity contribution >= 4 is 16.3 Å². The Morgan fingerprint density at radius 3 is 1.07 bits per heavy atom. The van der Waals surface area contributed by atoms with Crippen LogP contribution in [0.4, 0.5) is 101 Å². The molecule has 0 bridgehead atoms. The van der Waals surface area contributed by atoms with E-state index in [1.165, 1.54) is 12.1 Å². The maximum atomic E-state index is 15.5. The van der Waals surface area contributed by atoms with Crippen molar-refractivity contribution in [1.29, 1.82) is 0 Å². The van der Waals surface area contributed by atoms with Crippen LogP contribution in [0.15, 0.2) is 99.6 Å². The molecule has 0 saturated heterocycles. The van der Waals surface area contributed by atoms with Gasteiger partial charge in [-0.2, -0.15) is 101 Å². The highest BCUT2D eigenvalue weighted by atomic mass is 32.3. The number of benzene rings is 3. The lowest BCUT2D eigenvalue weighted by Crippen LogP contribution is -2.78. The van der Waals surface area contributed by atoms with E-state index in [2.05, 4.69) is 0 Å². The minimum absolute atomic E-state index is 0.0324. The quantitative estimate of drug-likeness (QED) is 0.0663. The second-order valence-electron chi connectivity index (χ2n) is 14.6. The molecule has 3 aromatic rings. The topological polar surface area (TPSA) is 35.5 Å². The Bertz CT molecular complexity index is 2040. The van der Waals surface area contributed by atoms with Crippen molar-refractivity contribution in [2.24, 2.45) is 0 Å². The normalized spacial score (nSPS) is 14.8. The van der Waals surface area contributed by atoms with Gasteiger partial charge < -0.3 is 8.92 Å². The van der Waals surface area contributed by atoms with Crippen LogP contribution < -0.4 is 4.74 Å². The summed E-state index contributed by atoms with van der Waals surface area (Å²) in [6, 6.07) is 14.8. The number of unbranched alkanes of at least 4 members (excludes halogenated alkanes) is 7. The number of carbonyl (C=O) groups excluding carboxylic acids is 1. The summed E-state index contributed by atoms with van der Waals surface area (Å²) in [7, 11) is -4.45. The first kappa shape index (κ1) is 57.0. The Morgan fingerprint density at radius 2 is 0.716 bits per heavy atom. The fraction of sp³-hybridized carbons (Fsp3) is 0.525. The van der Waals surface area contributed by atoms with Crippen LogP contribution in [0.2, 0.25) is 0 Å². The van der Waals surface area contributed by atoms with Crippen LogP contribution in [-0.4, -0.2) is 78.0 Å². The lowest BCUT2D eigenvalue weighted by Gasteiger charge is -2.45. The molecule has 67 heavy (non-hydrogen) atoms. The number of rotatable bonds is 24. The second kappa shape index (κ2) is 19.6. The van der Waals surface area contributed by atoms with Gasteiger partial charge in [0.15, 0.2) is 0 Å². The summed E-state index contributed by atoms with van der Waals surface area (Å²) >= 11 is 0.